The molecule has 2 atom stereocenters. The third-order valence-electron chi connectivity index (χ3n) is 5.01. The highest BCUT2D eigenvalue weighted by Gasteiger charge is 2.34. The molecular weight excluding hydrogens is 468 g/mol. The summed E-state index contributed by atoms with van der Waals surface area (Å²) in [5.74, 6) is -1.34. The van der Waals surface area contributed by atoms with Crippen molar-refractivity contribution in [3.8, 4) is 0 Å². The van der Waals surface area contributed by atoms with E-state index in [0.717, 1.165) is 11.1 Å². The highest BCUT2D eigenvalue weighted by molar-refractivity contribution is 7.89. The molecule has 33 heavy (non-hydrogen) atoms. The van der Waals surface area contributed by atoms with Crippen LogP contribution in [0.3, 0.4) is 0 Å². The minimum atomic E-state index is -3.96. The number of hydrogen-bond donors (Lipinski definition) is 1. The van der Waals surface area contributed by atoms with E-state index in [2.05, 4.69) is 5.32 Å². The summed E-state index contributed by atoms with van der Waals surface area (Å²) in [6, 6.07) is 9.43. The topological polar surface area (TPSA) is 102 Å². The second-order valence-corrected chi connectivity index (χ2v) is 10.5. The van der Waals surface area contributed by atoms with Gasteiger partial charge in [0.05, 0.1) is 22.8 Å². The maximum Gasteiger partial charge on any atom is 0.338 e. The van der Waals surface area contributed by atoms with E-state index in [1.54, 1.807) is 26.0 Å². The average molecular weight is 495 g/mol. The van der Waals surface area contributed by atoms with Gasteiger partial charge in [0.1, 0.15) is 4.90 Å². The minimum Gasteiger partial charge on any atom is -0.452 e. The molecule has 1 aliphatic rings. The van der Waals surface area contributed by atoms with Crippen molar-refractivity contribution in [1.82, 2.24) is 4.31 Å². The molecule has 8 nitrogen and oxygen atoms in total. The van der Waals surface area contributed by atoms with Crippen LogP contribution in [-0.2, 0) is 24.3 Å². The second-order valence-electron chi connectivity index (χ2n) is 8.23. The fraction of sp³-hybridized carbons (Fsp3) is 0.391. The maximum absolute atomic E-state index is 13.2. The van der Waals surface area contributed by atoms with Crippen LogP contribution in [0.5, 0.6) is 0 Å². The van der Waals surface area contributed by atoms with E-state index < -0.39 is 28.5 Å². The molecule has 0 aromatic heterocycles. The van der Waals surface area contributed by atoms with E-state index >= 15 is 0 Å². The Bertz CT molecular complexity index is 1140. The largest absolute Gasteiger partial charge is 0.452 e. The molecule has 3 rings (SSSR count). The van der Waals surface area contributed by atoms with Crippen LogP contribution in [0.25, 0.3) is 0 Å². The molecule has 1 aliphatic heterocycles. The van der Waals surface area contributed by atoms with Crippen molar-refractivity contribution in [3.63, 3.8) is 0 Å². The molecule has 0 spiro atoms. The lowest BCUT2D eigenvalue weighted by Crippen LogP contribution is -2.48. The van der Waals surface area contributed by atoms with Gasteiger partial charge in [-0.3, -0.25) is 4.79 Å². The number of ether oxygens (including phenoxy) is 2. The molecule has 0 saturated carbocycles. The number of sulfonamides is 1. The first-order valence-corrected chi connectivity index (χ1v) is 12.3. The number of rotatable bonds is 6. The molecule has 0 aliphatic carbocycles. The molecule has 2 aromatic carbocycles. The first-order valence-electron chi connectivity index (χ1n) is 10.5. The number of aryl methyl sites for hydroxylation is 2. The lowest BCUT2D eigenvalue weighted by atomic mass is 10.1. The lowest BCUT2D eigenvalue weighted by molar-refractivity contribution is -0.119. The average Bonchev–Trinajstić information content (AvgIpc) is 2.70. The van der Waals surface area contributed by atoms with Crippen LogP contribution >= 0.6 is 11.6 Å². The Hall–Kier alpha value is -2.46. The summed E-state index contributed by atoms with van der Waals surface area (Å²) in [5.41, 5.74) is 2.55. The molecular formula is C23H27ClN2O6S. The van der Waals surface area contributed by atoms with E-state index in [1.165, 1.54) is 22.5 Å². The van der Waals surface area contributed by atoms with Crippen LogP contribution in [0.15, 0.2) is 41.3 Å². The van der Waals surface area contributed by atoms with Crippen LogP contribution in [0.2, 0.25) is 5.02 Å². The van der Waals surface area contributed by atoms with Gasteiger partial charge in [0, 0.05) is 18.8 Å². The minimum absolute atomic E-state index is 0.00842. The molecule has 1 fully saturated rings. The molecule has 2 unspecified atom stereocenters. The van der Waals surface area contributed by atoms with Crippen molar-refractivity contribution in [3.05, 3.63) is 58.1 Å². The number of nitrogens with one attached hydrogen (secondary N) is 1. The van der Waals surface area contributed by atoms with Gasteiger partial charge in [-0.15, -0.1) is 0 Å². The van der Waals surface area contributed by atoms with Crippen molar-refractivity contribution < 1.29 is 27.5 Å². The first kappa shape index (κ1) is 25.2. The summed E-state index contributed by atoms with van der Waals surface area (Å²) >= 11 is 6.17. The standard InChI is InChI=1S/C23H27ClN2O6S/c1-14-7-15(2)9-19(8-14)25-22(27)13-31-23(28)18-5-6-20(24)21(10-18)33(29,30)26-11-16(3)32-17(4)12-26/h5-10,16-17H,11-13H2,1-4H3,(H,25,27). The second kappa shape index (κ2) is 10.2. The summed E-state index contributed by atoms with van der Waals surface area (Å²) in [6.45, 7) is 7.23. The summed E-state index contributed by atoms with van der Waals surface area (Å²) in [4.78, 5) is 24.5. The molecule has 2 aromatic rings. The number of anilines is 1. The number of halogens is 1. The molecule has 1 N–H and O–H groups in total. The van der Waals surface area contributed by atoms with Gasteiger partial charge in [-0.1, -0.05) is 17.7 Å². The number of carbonyl (C=O) groups is 2. The molecule has 178 valence electrons. The molecule has 10 heteroatoms. The van der Waals surface area contributed by atoms with Crippen LogP contribution in [0.4, 0.5) is 5.69 Å². The number of carbonyl (C=O) groups excluding carboxylic acids is 2. The van der Waals surface area contributed by atoms with E-state index in [9.17, 15) is 18.0 Å². The summed E-state index contributed by atoms with van der Waals surface area (Å²) in [7, 11) is -3.96. The SMILES string of the molecule is Cc1cc(C)cc(NC(=O)COC(=O)c2ccc(Cl)c(S(=O)(=O)N3CC(C)OC(C)C3)c2)c1. The smallest absolute Gasteiger partial charge is 0.338 e. The van der Waals surface area contributed by atoms with E-state index in [1.807, 2.05) is 19.9 Å². The Kier molecular flexibility index (Phi) is 7.79. The van der Waals surface area contributed by atoms with Crippen molar-refractivity contribution >= 4 is 39.2 Å². The number of hydrogen-bond acceptors (Lipinski definition) is 6. The van der Waals surface area contributed by atoms with Gasteiger partial charge in [0.15, 0.2) is 6.61 Å². The zero-order chi connectivity index (χ0) is 24.3. The normalized spacial score (nSPS) is 19.2. The molecule has 1 saturated heterocycles. The molecule has 1 heterocycles. The zero-order valence-corrected chi connectivity index (χ0v) is 20.5. The number of amides is 1. The predicted molar refractivity (Wildman–Crippen MR) is 125 cm³/mol. The fourth-order valence-corrected chi connectivity index (χ4v) is 5.84. The number of morpholine rings is 1. The molecule has 0 bridgehead atoms. The van der Waals surface area contributed by atoms with Gasteiger partial charge in [0.2, 0.25) is 10.0 Å². The van der Waals surface area contributed by atoms with Gasteiger partial charge in [0.25, 0.3) is 5.91 Å². The van der Waals surface area contributed by atoms with Gasteiger partial charge < -0.3 is 14.8 Å². The van der Waals surface area contributed by atoms with Crippen LogP contribution in [0, 0.1) is 13.8 Å². The Morgan fingerprint density at radius 2 is 1.70 bits per heavy atom. The lowest BCUT2D eigenvalue weighted by Gasteiger charge is -2.34. The van der Waals surface area contributed by atoms with Crippen molar-refractivity contribution in [2.24, 2.45) is 0 Å². The van der Waals surface area contributed by atoms with Crippen LogP contribution in [-0.4, -0.2) is 56.5 Å². The Labute approximate surface area is 198 Å². The molecule has 1 amide bonds. The van der Waals surface area contributed by atoms with Gasteiger partial charge >= 0.3 is 5.97 Å². The fourth-order valence-electron chi connectivity index (χ4n) is 3.75. The van der Waals surface area contributed by atoms with E-state index in [0.29, 0.717) is 5.69 Å². The number of esters is 1. The third-order valence-corrected chi connectivity index (χ3v) is 7.32. The van der Waals surface area contributed by atoms with Gasteiger partial charge in [-0.25, -0.2) is 13.2 Å². The van der Waals surface area contributed by atoms with Crippen molar-refractivity contribution in [2.75, 3.05) is 25.0 Å². The van der Waals surface area contributed by atoms with Crippen molar-refractivity contribution in [1.29, 1.82) is 0 Å². The zero-order valence-electron chi connectivity index (χ0n) is 18.9. The van der Waals surface area contributed by atoms with Gasteiger partial charge in [-0.05, 0) is 69.2 Å². The first-order chi connectivity index (χ1) is 15.5. The monoisotopic (exact) mass is 494 g/mol. The Morgan fingerprint density at radius 3 is 2.30 bits per heavy atom. The Balaban J connectivity index is 1.70. The van der Waals surface area contributed by atoms with Gasteiger partial charge in [-0.2, -0.15) is 4.31 Å². The number of benzene rings is 2. The quantitative estimate of drug-likeness (QED) is 0.616. The summed E-state index contributed by atoms with van der Waals surface area (Å²) < 4.78 is 38.3. The van der Waals surface area contributed by atoms with Crippen LogP contribution < -0.4 is 5.32 Å². The summed E-state index contributed by atoms with van der Waals surface area (Å²) in [6.07, 6.45) is -0.544. The number of nitrogens with zero attached hydrogens (tertiary/aromatic N) is 1. The summed E-state index contributed by atoms with van der Waals surface area (Å²) in [5, 5.41) is 2.67. The molecule has 0 radical (unpaired) electrons. The van der Waals surface area contributed by atoms with E-state index in [4.69, 9.17) is 21.1 Å². The third kappa shape index (κ3) is 6.32. The highest BCUT2D eigenvalue weighted by Crippen LogP contribution is 2.28. The highest BCUT2D eigenvalue weighted by atomic mass is 35.5. The van der Waals surface area contributed by atoms with Crippen LogP contribution in [0.1, 0.15) is 35.3 Å². The predicted octanol–water partition coefficient (Wildman–Crippen LogP) is 3.55. The Morgan fingerprint density at radius 1 is 1.09 bits per heavy atom. The van der Waals surface area contributed by atoms with E-state index in [-0.39, 0.29) is 40.8 Å². The van der Waals surface area contributed by atoms with Crippen molar-refractivity contribution in [2.45, 2.75) is 44.8 Å². The maximum atomic E-state index is 13.2.